The van der Waals surface area contributed by atoms with Crippen LogP contribution >= 0.6 is 0 Å². The van der Waals surface area contributed by atoms with Crippen LogP contribution in [-0.2, 0) is 4.74 Å². The van der Waals surface area contributed by atoms with Crippen LogP contribution < -0.4 is 5.73 Å². The van der Waals surface area contributed by atoms with Crippen molar-refractivity contribution in [2.75, 3.05) is 0 Å². The Kier molecular flexibility index (Phi) is 2.86. The van der Waals surface area contributed by atoms with E-state index in [0.717, 1.165) is 0 Å². The van der Waals surface area contributed by atoms with Gasteiger partial charge in [0.1, 0.15) is 6.11 Å². The number of rotatable bonds is 0. The highest BCUT2D eigenvalue weighted by molar-refractivity contribution is 5.66. The Bertz CT molecular complexity index is 179. The van der Waals surface area contributed by atoms with Gasteiger partial charge in [-0.05, 0) is 5.92 Å². The summed E-state index contributed by atoms with van der Waals surface area (Å²) in [5.41, 5.74) is 4.50. The summed E-state index contributed by atoms with van der Waals surface area (Å²) in [6.07, 6.45) is 5.58. The summed E-state index contributed by atoms with van der Waals surface area (Å²) in [4.78, 5) is 9.70. The fourth-order valence-corrected chi connectivity index (χ4v) is 0.105. The third-order valence-electron chi connectivity index (χ3n) is 0.275. The van der Waals surface area contributed by atoms with E-state index >= 15 is 0 Å². The number of amides is 1. The maximum absolute atomic E-state index is 9.70. The molecule has 0 saturated carbocycles. The molecule has 1 amide bonds. The summed E-state index contributed by atoms with van der Waals surface area (Å²) in [5, 5.41) is 0. The van der Waals surface area contributed by atoms with E-state index in [-0.39, 0.29) is 0 Å². The molecule has 0 saturated heterocycles. The Morgan fingerprint density at radius 1 is 1.75 bits per heavy atom. The highest BCUT2D eigenvalue weighted by Gasteiger charge is 1.82. The van der Waals surface area contributed by atoms with E-state index in [9.17, 15) is 4.79 Å². The van der Waals surface area contributed by atoms with Crippen LogP contribution in [0.15, 0.2) is 0 Å². The van der Waals surface area contributed by atoms with Crippen molar-refractivity contribution in [1.29, 1.82) is 0 Å². The van der Waals surface area contributed by atoms with Crippen LogP contribution in [0.25, 0.3) is 0 Å². The Hall–Kier alpha value is -1.61. The number of hydrogen-bond acceptors (Lipinski definition) is 2. The van der Waals surface area contributed by atoms with Crippen LogP contribution in [0.1, 0.15) is 0 Å². The first-order chi connectivity index (χ1) is 3.77. The first-order valence-corrected chi connectivity index (χ1v) is 1.69. The van der Waals surface area contributed by atoms with Gasteiger partial charge >= 0.3 is 6.09 Å². The number of carbonyl (C=O) groups is 1. The monoisotopic (exact) mass is 109 g/mol. The molecule has 0 aromatic carbocycles. The molecule has 0 bridgehead atoms. The van der Waals surface area contributed by atoms with Gasteiger partial charge in [0, 0.05) is 5.92 Å². The van der Waals surface area contributed by atoms with Gasteiger partial charge in [0.05, 0.1) is 0 Å². The molecule has 0 spiro atoms. The average Bonchev–Trinajstić information content (AvgIpc) is 1.66. The Balaban J connectivity index is 3.48. The van der Waals surface area contributed by atoms with E-state index in [1.165, 1.54) is 0 Å². The molecule has 0 fully saturated rings. The first kappa shape index (κ1) is 6.39. The SMILES string of the molecule is C#CC#COC(N)=O. The van der Waals surface area contributed by atoms with Crippen LogP contribution in [-0.4, -0.2) is 6.09 Å². The van der Waals surface area contributed by atoms with Crippen LogP contribution in [0.4, 0.5) is 4.79 Å². The fraction of sp³-hybridized carbons (Fsp3) is 0. The van der Waals surface area contributed by atoms with Crippen LogP contribution in [0.3, 0.4) is 0 Å². The van der Waals surface area contributed by atoms with Gasteiger partial charge in [-0.25, -0.2) is 4.79 Å². The lowest BCUT2D eigenvalue weighted by Crippen LogP contribution is -2.08. The summed E-state index contributed by atoms with van der Waals surface area (Å²) in [6, 6.07) is 0. The number of hydrogen-bond donors (Lipinski definition) is 1. The van der Waals surface area contributed by atoms with Gasteiger partial charge in [-0.3, -0.25) is 0 Å². The molecule has 0 unspecified atom stereocenters. The van der Waals surface area contributed by atoms with Crippen LogP contribution in [0.5, 0.6) is 0 Å². The fourth-order valence-electron chi connectivity index (χ4n) is 0.105. The zero-order chi connectivity index (χ0) is 6.41. The predicted octanol–water partition coefficient (Wildman–Crippen LogP) is -0.324. The molecule has 0 aliphatic carbocycles. The number of primary amides is 1. The zero-order valence-corrected chi connectivity index (χ0v) is 3.97. The largest absolute Gasteiger partial charge is 0.418 e. The van der Waals surface area contributed by atoms with Gasteiger partial charge in [-0.2, -0.15) is 0 Å². The number of nitrogens with two attached hydrogens (primary N) is 1. The highest BCUT2D eigenvalue weighted by atomic mass is 16.5. The lowest BCUT2D eigenvalue weighted by molar-refractivity contribution is 0.202. The third-order valence-corrected chi connectivity index (χ3v) is 0.275. The number of ether oxygens (including phenoxy) is 1. The number of terminal acetylenes is 1. The molecule has 40 valence electrons. The van der Waals surface area contributed by atoms with E-state index < -0.39 is 6.09 Å². The van der Waals surface area contributed by atoms with Crippen molar-refractivity contribution in [1.82, 2.24) is 0 Å². The summed E-state index contributed by atoms with van der Waals surface area (Å²) in [7, 11) is 0. The zero-order valence-electron chi connectivity index (χ0n) is 3.97. The van der Waals surface area contributed by atoms with Gasteiger partial charge in [0.15, 0.2) is 0 Å². The summed E-state index contributed by atoms with van der Waals surface area (Å²) in [6.45, 7) is 0. The Labute approximate surface area is 46.8 Å². The minimum absolute atomic E-state index is 0.951. The quantitative estimate of drug-likeness (QED) is 0.433. The highest BCUT2D eigenvalue weighted by Crippen LogP contribution is 1.63. The standard InChI is InChI=1S/C5H3NO2/c1-2-3-4-8-5(6)7/h1H,(H2,6,7). The summed E-state index contributed by atoms with van der Waals surface area (Å²) in [5.74, 6) is 3.96. The van der Waals surface area contributed by atoms with E-state index in [4.69, 9.17) is 0 Å². The Morgan fingerprint density at radius 3 is 2.75 bits per heavy atom. The second kappa shape index (κ2) is 3.58. The van der Waals surface area contributed by atoms with Gasteiger partial charge in [0.25, 0.3) is 0 Å². The molecular weight excluding hydrogens is 106 g/mol. The molecule has 0 aliphatic rings. The topological polar surface area (TPSA) is 52.3 Å². The molecule has 3 nitrogen and oxygen atoms in total. The van der Waals surface area contributed by atoms with Crippen molar-refractivity contribution in [3.63, 3.8) is 0 Å². The van der Waals surface area contributed by atoms with Crippen molar-refractivity contribution < 1.29 is 9.53 Å². The Morgan fingerprint density at radius 2 is 2.38 bits per heavy atom. The molecule has 0 radical (unpaired) electrons. The normalized spacial score (nSPS) is 5.38. The second-order valence-electron chi connectivity index (χ2n) is 0.792. The average molecular weight is 109 g/mol. The van der Waals surface area contributed by atoms with E-state index in [0.29, 0.717) is 0 Å². The second-order valence-corrected chi connectivity index (χ2v) is 0.792. The van der Waals surface area contributed by atoms with Gasteiger partial charge in [0.2, 0.25) is 0 Å². The maximum atomic E-state index is 9.70. The number of carbonyl (C=O) groups excluding carboxylic acids is 1. The predicted molar refractivity (Wildman–Crippen MR) is 27.3 cm³/mol. The van der Waals surface area contributed by atoms with E-state index in [2.05, 4.69) is 16.9 Å². The first-order valence-electron chi connectivity index (χ1n) is 1.69. The van der Waals surface area contributed by atoms with Crippen molar-refractivity contribution in [2.24, 2.45) is 5.73 Å². The lowest BCUT2D eigenvalue weighted by atomic mass is 10.7. The van der Waals surface area contributed by atoms with Gasteiger partial charge in [-0.1, -0.05) is 0 Å². The van der Waals surface area contributed by atoms with Gasteiger partial charge in [-0.15, -0.1) is 6.42 Å². The van der Waals surface area contributed by atoms with E-state index in [1.807, 2.05) is 17.9 Å². The molecule has 0 aromatic rings. The van der Waals surface area contributed by atoms with Crippen molar-refractivity contribution in [2.45, 2.75) is 0 Å². The van der Waals surface area contributed by atoms with Gasteiger partial charge < -0.3 is 10.5 Å². The molecule has 3 heteroatoms. The smallest absolute Gasteiger partial charge is 0.355 e. The minimum atomic E-state index is -0.951. The summed E-state index contributed by atoms with van der Waals surface area (Å²) >= 11 is 0. The molecular formula is C5H3NO2. The maximum Gasteiger partial charge on any atom is 0.418 e. The van der Waals surface area contributed by atoms with E-state index in [1.54, 1.807) is 0 Å². The molecule has 0 rings (SSSR count). The van der Waals surface area contributed by atoms with Crippen molar-refractivity contribution >= 4 is 6.09 Å². The molecule has 2 N–H and O–H groups in total. The molecule has 0 aromatic heterocycles. The van der Waals surface area contributed by atoms with Crippen molar-refractivity contribution in [3.8, 4) is 24.4 Å². The van der Waals surface area contributed by atoms with Crippen molar-refractivity contribution in [3.05, 3.63) is 0 Å². The minimum Gasteiger partial charge on any atom is -0.355 e. The summed E-state index contributed by atoms with van der Waals surface area (Å²) < 4.78 is 3.92. The van der Waals surface area contributed by atoms with Crippen LogP contribution in [0, 0.1) is 24.4 Å². The molecule has 0 atom stereocenters. The third kappa shape index (κ3) is 4.39. The molecule has 0 heterocycles. The lowest BCUT2D eigenvalue weighted by Gasteiger charge is -1.79. The van der Waals surface area contributed by atoms with Crippen LogP contribution in [0.2, 0.25) is 0 Å². The molecule has 0 aliphatic heterocycles. The molecule has 8 heavy (non-hydrogen) atoms.